The van der Waals surface area contributed by atoms with Gasteiger partial charge in [0, 0.05) is 11.9 Å². The Bertz CT molecular complexity index is 595. The van der Waals surface area contributed by atoms with Crippen molar-refractivity contribution in [1.29, 1.82) is 0 Å². The number of imidazole rings is 1. The van der Waals surface area contributed by atoms with E-state index < -0.39 is 17.4 Å². The summed E-state index contributed by atoms with van der Waals surface area (Å²) < 4.78 is 39.3. The third-order valence-corrected chi connectivity index (χ3v) is 2.41. The SMILES string of the molecule is Cc1c[nH]c(=O)n1-c1ccccc1C(F)(F)F. The van der Waals surface area contributed by atoms with Gasteiger partial charge in [0.15, 0.2) is 0 Å². The Balaban J connectivity index is 2.73. The van der Waals surface area contributed by atoms with Gasteiger partial charge in [-0.2, -0.15) is 13.2 Å². The van der Waals surface area contributed by atoms with Crippen LogP contribution in [0.3, 0.4) is 0 Å². The molecule has 0 aliphatic heterocycles. The summed E-state index contributed by atoms with van der Waals surface area (Å²) >= 11 is 0. The van der Waals surface area contributed by atoms with Crippen molar-refractivity contribution < 1.29 is 13.2 Å². The van der Waals surface area contributed by atoms with Crippen LogP contribution in [0.25, 0.3) is 5.69 Å². The van der Waals surface area contributed by atoms with E-state index in [1.165, 1.54) is 24.4 Å². The zero-order valence-electron chi connectivity index (χ0n) is 8.88. The minimum Gasteiger partial charge on any atom is -0.312 e. The molecule has 0 saturated carbocycles. The summed E-state index contributed by atoms with van der Waals surface area (Å²) in [6, 6.07) is 4.97. The van der Waals surface area contributed by atoms with Crippen molar-refractivity contribution in [3.05, 3.63) is 52.2 Å². The fraction of sp³-hybridized carbons (Fsp3) is 0.182. The summed E-state index contributed by atoms with van der Waals surface area (Å²) in [4.78, 5) is 13.8. The number of aromatic amines is 1. The van der Waals surface area contributed by atoms with Crippen molar-refractivity contribution in [2.45, 2.75) is 13.1 Å². The molecule has 6 heteroatoms. The first kappa shape index (κ1) is 11.5. The molecule has 0 unspecified atom stereocenters. The van der Waals surface area contributed by atoms with Crippen molar-refractivity contribution in [1.82, 2.24) is 9.55 Å². The number of H-pyrrole nitrogens is 1. The van der Waals surface area contributed by atoms with E-state index in [9.17, 15) is 18.0 Å². The first-order valence-corrected chi connectivity index (χ1v) is 4.85. The number of alkyl halides is 3. The Morgan fingerprint density at radius 1 is 1.24 bits per heavy atom. The molecule has 1 N–H and O–H groups in total. The number of benzene rings is 1. The lowest BCUT2D eigenvalue weighted by Crippen LogP contribution is -2.20. The van der Waals surface area contributed by atoms with Crippen molar-refractivity contribution in [2.75, 3.05) is 0 Å². The number of nitrogens with one attached hydrogen (secondary N) is 1. The van der Waals surface area contributed by atoms with Gasteiger partial charge in [0.2, 0.25) is 0 Å². The molecule has 0 aliphatic carbocycles. The predicted molar refractivity (Wildman–Crippen MR) is 56.1 cm³/mol. The molecule has 1 heterocycles. The van der Waals surface area contributed by atoms with Crippen molar-refractivity contribution in [2.24, 2.45) is 0 Å². The Hall–Kier alpha value is -1.98. The van der Waals surface area contributed by atoms with Crippen LogP contribution in [0.4, 0.5) is 13.2 Å². The fourth-order valence-corrected chi connectivity index (χ4v) is 1.66. The normalized spacial score (nSPS) is 11.8. The third-order valence-electron chi connectivity index (χ3n) is 2.41. The monoisotopic (exact) mass is 242 g/mol. The first-order chi connectivity index (χ1) is 7.91. The van der Waals surface area contributed by atoms with Gasteiger partial charge in [0.05, 0.1) is 11.3 Å². The number of nitrogens with zero attached hydrogens (tertiary/aromatic N) is 1. The molecular formula is C11H9F3N2O. The molecule has 2 rings (SSSR count). The van der Waals surface area contributed by atoms with Gasteiger partial charge in [-0.05, 0) is 19.1 Å². The van der Waals surface area contributed by atoms with Crippen LogP contribution in [-0.4, -0.2) is 9.55 Å². The molecule has 0 atom stereocenters. The molecule has 0 saturated heterocycles. The second-order valence-corrected chi connectivity index (χ2v) is 3.59. The number of hydrogen-bond donors (Lipinski definition) is 1. The molecule has 3 nitrogen and oxygen atoms in total. The van der Waals surface area contributed by atoms with E-state index in [4.69, 9.17) is 0 Å². The average molecular weight is 242 g/mol. The Morgan fingerprint density at radius 3 is 2.41 bits per heavy atom. The largest absolute Gasteiger partial charge is 0.418 e. The zero-order valence-corrected chi connectivity index (χ0v) is 8.88. The van der Waals surface area contributed by atoms with Gasteiger partial charge in [-0.3, -0.25) is 4.57 Å². The number of halogens is 3. The van der Waals surface area contributed by atoms with E-state index in [1.807, 2.05) is 0 Å². The van der Waals surface area contributed by atoms with Gasteiger partial charge >= 0.3 is 11.9 Å². The highest BCUT2D eigenvalue weighted by Gasteiger charge is 2.34. The third kappa shape index (κ3) is 1.98. The minimum absolute atomic E-state index is 0.163. The number of aryl methyl sites for hydroxylation is 1. The van der Waals surface area contributed by atoms with Crippen LogP contribution in [0.2, 0.25) is 0 Å². The first-order valence-electron chi connectivity index (χ1n) is 4.85. The second-order valence-electron chi connectivity index (χ2n) is 3.59. The smallest absolute Gasteiger partial charge is 0.312 e. The van der Waals surface area contributed by atoms with Gasteiger partial charge in [0.1, 0.15) is 0 Å². The molecule has 2 aromatic rings. The van der Waals surface area contributed by atoms with Gasteiger partial charge < -0.3 is 4.98 Å². The maximum absolute atomic E-state index is 12.8. The van der Waals surface area contributed by atoms with Crippen molar-refractivity contribution >= 4 is 0 Å². The maximum Gasteiger partial charge on any atom is 0.418 e. The van der Waals surface area contributed by atoms with E-state index >= 15 is 0 Å². The molecule has 0 amide bonds. The molecule has 0 fully saturated rings. The summed E-state index contributed by atoms with van der Waals surface area (Å²) in [5, 5.41) is 0. The fourth-order valence-electron chi connectivity index (χ4n) is 1.66. The van der Waals surface area contributed by atoms with Crippen molar-refractivity contribution in [3.8, 4) is 5.69 Å². The molecule has 1 aromatic heterocycles. The van der Waals surface area contributed by atoms with E-state index in [-0.39, 0.29) is 5.69 Å². The molecule has 0 bridgehead atoms. The topological polar surface area (TPSA) is 37.8 Å². The van der Waals surface area contributed by atoms with E-state index in [1.54, 1.807) is 6.92 Å². The molecule has 0 radical (unpaired) electrons. The lowest BCUT2D eigenvalue weighted by Gasteiger charge is -2.13. The van der Waals surface area contributed by atoms with Crippen molar-refractivity contribution in [3.63, 3.8) is 0 Å². The summed E-state index contributed by atoms with van der Waals surface area (Å²) in [5.41, 5.74) is -1.15. The summed E-state index contributed by atoms with van der Waals surface area (Å²) in [7, 11) is 0. The van der Waals surface area contributed by atoms with Crippen LogP contribution in [0.1, 0.15) is 11.3 Å². The standard InChI is InChI=1S/C11H9F3N2O/c1-7-6-15-10(17)16(7)9-5-3-2-4-8(9)11(12,13)14/h2-6H,1H3,(H,15,17). The van der Waals surface area contributed by atoms with E-state index in [0.717, 1.165) is 10.6 Å². The van der Waals surface area contributed by atoms with Crippen LogP contribution in [-0.2, 0) is 6.18 Å². The summed E-state index contributed by atoms with van der Waals surface area (Å²) in [6.07, 6.45) is -3.12. The molecule has 0 aliphatic rings. The Morgan fingerprint density at radius 2 is 1.88 bits per heavy atom. The number of para-hydroxylation sites is 1. The summed E-state index contributed by atoms with van der Waals surface area (Å²) in [5.74, 6) is 0. The van der Waals surface area contributed by atoms with Crippen LogP contribution in [0.15, 0.2) is 35.3 Å². The Labute approximate surface area is 94.5 Å². The zero-order chi connectivity index (χ0) is 12.6. The van der Waals surface area contributed by atoms with E-state index in [2.05, 4.69) is 4.98 Å². The second kappa shape index (κ2) is 3.80. The number of aromatic nitrogens is 2. The van der Waals surface area contributed by atoms with Gasteiger partial charge in [-0.1, -0.05) is 12.1 Å². The Kier molecular flexibility index (Phi) is 2.57. The predicted octanol–water partition coefficient (Wildman–Crippen LogP) is 2.49. The van der Waals surface area contributed by atoms with Gasteiger partial charge in [-0.15, -0.1) is 0 Å². The number of hydrogen-bond acceptors (Lipinski definition) is 1. The van der Waals surface area contributed by atoms with E-state index in [0.29, 0.717) is 5.69 Å². The van der Waals surface area contributed by atoms with Crippen LogP contribution >= 0.6 is 0 Å². The summed E-state index contributed by atoms with van der Waals surface area (Å²) in [6.45, 7) is 1.56. The van der Waals surface area contributed by atoms with Crippen LogP contribution in [0, 0.1) is 6.92 Å². The van der Waals surface area contributed by atoms with Gasteiger partial charge in [-0.25, -0.2) is 4.79 Å². The quantitative estimate of drug-likeness (QED) is 0.819. The minimum atomic E-state index is -4.49. The van der Waals surface area contributed by atoms with Crippen LogP contribution in [0.5, 0.6) is 0 Å². The molecule has 1 aromatic carbocycles. The lowest BCUT2D eigenvalue weighted by atomic mass is 10.1. The highest BCUT2D eigenvalue weighted by atomic mass is 19.4. The molecule has 90 valence electrons. The molecule has 17 heavy (non-hydrogen) atoms. The highest BCUT2D eigenvalue weighted by Crippen LogP contribution is 2.33. The molecular weight excluding hydrogens is 233 g/mol. The average Bonchev–Trinajstić information content (AvgIpc) is 2.57. The maximum atomic E-state index is 12.8. The highest BCUT2D eigenvalue weighted by molar-refractivity contribution is 5.43. The van der Waals surface area contributed by atoms with Gasteiger partial charge in [0.25, 0.3) is 0 Å². The lowest BCUT2D eigenvalue weighted by molar-refractivity contribution is -0.137. The number of rotatable bonds is 1. The molecule has 0 spiro atoms. The van der Waals surface area contributed by atoms with Crippen LogP contribution < -0.4 is 5.69 Å².